The van der Waals surface area contributed by atoms with E-state index < -0.39 is 0 Å². The zero-order valence-corrected chi connectivity index (χ0v) is 17.1. The Morgan fingerprint density at radius 2 is 1.80 bits per heavy atom. The molecule has 2 heterocycles. The van der Waals surface area contributed by atoms with Crippen LogP contribution >= 0.6 is 0 Å². The Morgan fingerprint density at radius 1 is 1.03 bits per heavy atom. The lowest BCUT2D eigenvalue weighted by molar-refractivity contribution is -0.117. The van der Waals surface area contributed by atoms with E-state index in [1.807, 2.05) is 6.07 Å². The Kier molecular flexibility index (Phi) is 6.18. The number of anilines is 1. The first kappa shape index (κ1) is 20.2. The van der Waals surface area contributed by atoms with Crippen LogP contribution in [0.4, 0.5) is 5.69 Å². The maximum Gasteiger partial charge on any atom is 0.251 e. The molecule has 0 radical (unpaired) electrons. The predicted molar refractivity (Wildman–Crippen MR) is 114 cm³/mol. The summed E-state index contributed by atoms with van der Waals surface area (Å²) in [6.07, 6.45) is 2.94. The Bertz CT molecular complexity index is 913. The van der Waals surface area contributed by atoms with Gasteiger partial charge in [0, 0.05) is 30.8 Å². The van der Waals surface area contributed by atoms with Crippen LogP contribution in [0.3, 0.4) is 0 Å². The largest absolute Gasteiger partial charge is 0.490 e. The number of nitrogens with zero attached hydrogens (tertiary/aromatic N) is 1. The van der Waals surface area contributed by atoms with Crippen LogP contribution in [0.15, 0.2) is 42.5 Å². The van der Waals surface area contributed by atoms with Crippen LogP contribution in [-0.2, 0) is 4.79 Å². The van der Waals surface area contributed by atoms with Crippen molar-refractivity contribution in [3.8, 4) is 11.5 Å². The first-order chi connectivity index (χ1) is 14.6. The Balaban J connectivity index is 1.40. The number of carbonyl (C=O) groups is 2. The van der Waals surface area contributed by atoms with Crippen molar-refractivity contribution < 1.29 is 19.1 Å². The molecule has 0 spiro atoms. The summed E-state index contributed by atoms with van der Waals surface area (Å²) in [5.41, 5.74) is 2.39. The van der Waals surface area contributed by atoms with Gasteiger partial charge in [-0.25, -0.2) is 0 Å². The molecule has 2 amide bonds. The average molecular weight is 409 g/mol. The monoisotopic (exact) mass is 409 g/mol. The van der Waals surface area contributed by atoms with Crippen molar-refractivity contribution >= 4 is 17.5 Å². The smallest absolute Gasteiger partial charge is 0.251 e. The summed E-state index contributed by atoms with van der Waals surface area (Å²) >= 11 is 0. The molecule has 2 aliphatic rings. The number of hydrogen-bond donors (Lipinski definition) is 2. The summed E-state index contributed by atoms with van der Waals surface area (Å²) < 4.78 is 11.6. The van der Waals surface area contributed by atoms with Crippen molar-refractivity contribution in [1.29, 1.82) is 0 Å². The molecular formula is C23H27N3O4. The van der Waals surface area contributed by atoms with E-state index in [1.165, 1.54) is 0 Å². The average Bonchev–Trinajstić information content (AvgIpc) is 3.08. The third-order valence-electron chi connectivity index (χ3n) is 5.52. The summed E-state index contributed by atoms with van der Waals surface area (Å²) in [5.74, 6) is 1.36. The highest BCUT2D eigenvalue weighted by Crippen LogP contribution is 2.37. The van der Waals surface area contributed by atoms with Gasteiger partial charge >= 0.3 is 0 Å². The van der Waals surface area contributed by atoms with E-state index in [2.05, 4.69) is 27.7 Å². The van der Waals surface area contributed by atoms with Gasteiger partial charge in [0.25, 0.3) is 5.91 Å². The van der Waals surface area contributed by atoms with E-state index in [0.29, 0.717) is 31.0 Å². The van der Waals surface area contributed by atoms with Crippen molar-refractivity contribution in [2.24, 2.45) is 0 Å². The second-order valence-corrected chi connectivity index (χ2v) is 7.59. The van der Waals surface area contributed by atoms with Crippen molar-refractivity contribution in [2.45, 2.75) is 25.3 Å². The van der Waals surface area contributed by atoms with Gasteiger partial charge in [0.15, 0.2) is 11.5 Å². The SMILES string of the molecule is CNC(=O)c1ccc(NC(=O)CN2CCC[C@@H]2c2ccc3c(c2)OCCCO3)cc1. The normalized spacial score (nSPS) is 18.5. The number of ether oxygens (including phenoxy) is 2. The second-order valence-electron chi connectivity index (χ2n) is 7.59. The molecule has 2 aromatic rings. The number of fused-ring (bicyclic) bond motifs is 1. The van der Waals surface area contributed by atoms with Gasteiger partial charge in [0.1, 0.15) is 0 Å². The van der Waals surface area contributed by atoms with Gasteiger partial charge in [0.2, 0.25) is 5.91 Å². The first-order valence-electron chi connectivity index (χ1n) is 10.4. The molecule has 2 aromatic carbocycles. The fraction of sp³-hybridized carbons (Fsp3) is 0.391. The van der Waals surface area contributed by atoms with Crippen LogP contribution in [0.25, 0.3) is 0 Å². The molecule has 30 heavy (non-hydrogen) atoms. The molecule has 158 valence electrons. The molecule has 1 fully saturated rings. The Morgan fingerprint density at radius 3 is 2.57 bits per heavy atom. The van der Waals surface area contributed by atoms with E-state index in [-0.39, 0.29) is 17.9 Å². The zero-order chi connectivity index (χ0) is 20.9. The van der Waals surface area contributed by atoms with Crippen LogP contribution < -0.4 is 20.1 Å². The number of likely N-dealkylation sites (tertiary alicyclic amines) is 1. The molecule has 2 N–H and O–H groups in total. The van der Waals surface area contributed by atoms with Crippen LogP contribution in [0.1, 0.15) is 41.2 Å². The summed E-state index contributed by atoms with van der Waals surface area (Å²) in [6, 6.07) is 13.2. The Labute approximate surface area is 176 Å². The number of nitrogens with one attached hydrogen (secondary N) is 2. The van der Waals surface area contributed by atoms with Crippen molar-refractivity contribution in [3.05, 3.63) is 53.6 Å². The second kappa shape index (κ2) is 9.17. The third-order valence-corrected chi connectivity index (χ3v) is 5.52. The highest BCUT2D eigenvalue weighted by Gasteiger charge is 2.28. The minimum absolute atomic E-state index is 0.0658. The minimum atomic E-state index is -0.150. The summed E-state index contributed by atoms with van der Waals surface area (Å²) in [4.78, 5) is 26.5. The quantitative estimate of drug-likeness (QED) is 0.794. The topological polar surface area (TPSA) is 79.9 Å². The van der Waals surface area contributed by atoms with Crippen LogP contribution in [0.2, 0.25) is 0 Å². The van der Waals surface area contributed by atoms with Crippen LogP contribution in [0, 0.1) is 0 Å². The summed E-state index contributed by atoms with van der Waals surface area (Å²) in [6.45, 7) is 2.52. The molecule has 7 heteroatoms. The number of benzene rings is 2. The highest BCUT2D eigenvalue weighted by atomic mass is 16.5. The van der Waals surface area contributed by atoms with Crippen molar-refractivity contribution in [2.75, 3.05) is 38.7 Å². The van der Waals surface area contributed by atoms with Gasteiger partial charge in [-0.3, -0.25) is 14.5 Å². The molecule has 4 rings (SSSR count). The Hall–Kier alpha value is -3.06. The molecule has 0 unspecified atom stereocenters. The van der Waals surface area contributed by atoms with Gasteiger partial charge in [-0.15, -0.1) is 0 Å². The number of carbonyl (C=O) groups excluding carboxylic acids is 2. The number of hydrogen-bond acceptors (Lipinski definition) is 5. The lowest BCUT2D eigenvalue weighted by Gasteiger charge is -2.25. The van der Waals surface area contributed by atoms with E-state index >= 15 is 0 Å². The van der Waals surface area contributed by atoms with Crippen molar-refractivity contribution in [1.82, 2.24) is 10.2 Å². The maximum atomic E-state index is 12.6. The first-order valence-corrected chi connectivity index (χ1v) is 10.4. The van der Waals surface area contributed by atoms with Crippen LogP contribution in [-0.4, -0.2) is 50.1 Å². The molecule has 7 nitrogen and oxygen atoms in total. The van der Waals surface area contributed by atoms with Gasteiger partial charge in [-0.1, -0.05) is 6.07 Å². The fourth-order valence-corrected chi connectivity index (χ4v) is 4.01. The lowest BCUT2D eigenvalue weighted by Crippen LogP contribution is -2.33. The molecule has 1 atom stereocenters. The van der Waals surface area contributed by atoms with Gasteiger partial charge in [-0.05, 0) is 61.3 Å². The zero-order valence-electron chi connectivity index (χ0n) is 17.1. The van der Waals surface area contributed by atoms with E-state index in [1.54, 1.807) is 31.3 Å². The molecule has 0 aromatic heterocycles. The third kappa shape index (κ3) is 4.57. The van der Waals surface area contributed by atoms with E-state index in [9.17, 15) is 9.59 Å². The van der Waals surface area contributed by atoms with E-state index in [4.69, 9.17) is 9.47 Å². The fourth-order valence-electron chi connectivity index (χ4n) is 4.01. The molecule has 1 saturated heterocycles. The molecule has 0 aliphatic carbocycles. The predicted octanol–water partition coefficient (Wildman–Crippen LogP) is 2.98. The maximum absolute atomic E-state index is 12.6. The van der Waals surface area contributed by atoms with Gasteiger partial charge < -0.3 is 20.1 Å². The number of amides is 2. The minimum Gasteiger partial charge on any atom is -0.490 e. The van der Waals surface area contributed by atoms with Gasteiger partial charge in [0.05, 0.1) is 19.8 Å². The highest BCUT2D eigenvalue weighted by molar-refractivity contribution is 5.96. The summed E-state index contributed by atoms with van der Waals surface area (Å²) in [7, 11) is 1.59. The van der Waals surface area contributed by atoms with Crippen LogP contribution in [0.5, 0.6) is 11.5 Å². The molecular weight excluding hydrogens is 382 g/mol. The molecule has 0 saturated carbocycles. The van der Waals surface area contributed by atoms with E-state index in [0.717, 1.165) is 42.9 Å². The van der Waals surface area contributed by atoms with Crippen molar-refractivity contribution in [3.63, 3.8) is 0 Å². The summed E-state index contributed by atoms with van der Waals surface area (Å²) in [5, 5.41) is 5.51. The number of rotatable bonds is 5. The lowest BCUT2D eigenvalue weighted by atomic mass is 10.0. The molecule has 0 bridgehead atoms. The standard InChI is InChI=1S/C23H27N3O4/c1-24-23(28)16-5-8-18(9-6-16)25-22(27)15-26-11-2-4-19(26)17-7-10-20-21(14-17)30-13-3-12-29-20/h5-10,14,19H,2-4,11-13,15H2,1H3,(H,24,28)(H,25,27)/t19-/m1/s1. The molecule has 2 aliphatic heterocycles. The van der Waals surface area contributed by atoms with Gasteiger partial charge in [-0.2, -0.15) is 0 Å².